The summed E-state index contributed by atoms with van der Waals surface area (Å²) < 4.78 is 5.47. The summed E-state index contributed by atoms with van der Waals surface area (Å²) in [7, 11) is 0. The number of hydrogen-bond donors (Lipinski definition) is 1. The molecular formula is C13H21N3O. The first kappa shape index (κ1) is 11.2. The summed E-state index contributed by atoms with van der Waals surface area (Å²) in [6.07, 6.45) is 7.13. The molecule has 94 valence electrons. The zero-order valence-electron chi connectivity index (χ0n) is 10.5. The van der Waals surface area contributed by atoms with Crippen LogP contribution in [0.25, 0.3) is 0 Å². The molecule has 0 spiro atoms. The fourth-order valence-electron chi connectivity index (χ4n) is 3.17. The van der Waals surface area contributed by atoms with Crippen LogP contribution in [-0.4, -0.2) is 16.7 Å². The van der Waals surface area contributed by atoms with E-state index < -0.39 is 0 Å². The van der Waals surface area contributed by atoms with Crippen molar-refractivity contribution in [2.45, 2.75) is 56.8 Å². The molecule has 2 saturated carbocycles. The maximum Gasteiger partial charge on any atom is 0.234 e. The molecule has 1 heterocycles. The van der Waals surface area contributed by atoms with E-state index in [4.69, 9.17) is 10.3 Å². The Morgan fingerprint density at radius 3 is 2.76 bits per heavy atom. The summed E-state index contributed by atoms with van der Waals surface area (Å²) in [5.41, 5.74) is 5.87. The molecule has 2 fully saturated rings. The van der Waals surface area contributed by atoms with Gasteiger partial charge < -0.3 is 10.3 Å². The van der Waals surface area contributed by atoms with Gasteiger partial charge in [-0.15, -0.1) is 0 Å². The van der Waals surface area contributed by atoms with E-state index in [1.54, 1.807) is 0 Å². The van der Waals surface area contributed by atoms with Crippen molar-refractivity contribution in [1.29, 1.82) is 0 Å². The summed E-state index contributed by atoms with van der Waals surface area (Å²) in [5.74, 6) is 3.02. The van der Waals surface area contributed by atoms with Gasteiger partial charge in [0.05, 0.1) is 5.41 Å². The van der Waals surface area contributed by atoms with Crippen LogP contribution >= 0.6 is 0 Å². The molecule has 17 heavy (non-hydrogen) atoms. The Hall–Kier alpha value is -0.900. The minimum atomic E-state index is 0.00940. The van der Waals surface area contributed by atoms with Crippen molar-refractivity contribution in [2.24, 2.45) is 11.7 Å². The molecule has 1 aromatic heterocycles. The lowest BCUT2D eigenvalue weighted by Crippen LogP contribution is -2.41. The lowest BCUT2D eigenvalue weighted by molar-refractivity contribution is 0.181. The van der Waals surface area contributed by atoms with Gasteiger partial charge in [0.1, 0.15) is 0 Å². The molecule has 0 bridgehead atoms. The molecule has 2 aliphatic rings. The van der Waals surface area contributed by atoms with Crippen molar-refractivity contribution in [3.8, 4) is 0 Å². The predicted octanol–water partition coefficient (Wildman–Crippen LogP) is 2.35. The first-order chi connectivity index (χ1) is 8.23. The number of hydrogen-bond acceptors (Lipinski definition) is 4. The highest BCUT2D eigenvalue weighted by atomic mass is 16.5. The van der Waals surface area contributed by atoms with E-state index in [1.165, 1.54) is 25.7 Å². The van der Waals surface area contributed by atoms with Crippen LogP contribution in [0.5, 0.6) is 0 Å². The Morgan fingerprint density at radius 1 is 1.41 bits per heavy atom. The lowest BCUT2D eigenvalue weighted by Gasteiger charge is -2.36. The Bertz CT molecular complexity index is 392. The van der Waals surface area contributed by atoms with Crippen molar-refractivity contribution in [2.75, 3.05) is 6.54 Å². The molecule has 2 unspecified atom stereocenters. The summed E-state index contributed by atoms with van der Waals surface area (Å²) in [5, 5.41) is 4.19. The third kappa shape index (κ3) is 1.79. The molecule has 0 amide bonds. The van der Waals surface area contributed by atoms with Crippen molar-refractivity contribution in [1.82, 2.24) is 10.1 Å². The largest absolute Gasteiger partial charge is 0.339 e. The molecule has 0 saturated heterocycles. The van der Waals surface area contributed by atoms with E-state index in [1.807, 2.05) is 0 Å². The van der Waals surface area contributed by atoms with Gasteiger partial charge in [-0.2, -0.15) is 4.98 Å². The van der Waals surface area contributed by atoms with Crippen LogP contribution in [0.4, 0.5) is 0 Å². The van der Waals surface area contributed by atoms with Gasteiger partial charge in [-0.05, 0) is 38.0 Å². The van der Waals surface area contributed by atoms with Gasteiger partial charge >= 0.3 is 0 Å². The maximum atomic E-state index is 5.86. The highest BCUT2D eigenvalue weighted by Crippen LogP contribution is 2.43. The van der Waals surface area contributed by atoms with Gasteiger partial charge in [0.2, 0.25) is 5.89 Å². The first-order valence-corrected chi connectivity index (χ1v) is 6.78. The molecule has 0 aliphatic heterocycles. The number of aromatic nitrogens is 2. The molecule has 4 heteroatoms. The third-order valence-corrected chi connectivity index (χ3v) is 4.66. The van der Waals surface area contributed by atoms with Gasteiger partial charge in [-0.25, -0.2) is 0 Å². The van der Waals surface area contributed by atoms with E-state index in [9.17, 15) is 0 Å². The van der Waals surface area contributed by atoms with Crippen LogP contribution in [0.3, 0.4) is 0 Å². The van der Waals surface area contributed by atoms with E-state index in [0.717, 1.165) is 30.5 Å². The van der Waals surface area contributed by atoms with Crippen LogP contribution in [-0.2, 0) is 5.41 Å². The fraction of sp³-hybridized carbons (Fsp3) is 0.846. The average molecular weight is 235 g/mol. The van der Waals surface area contributed by atoms with Gasteiger partial charge in [-0.3, -0.25) is 0 Å². The lowest BCUT2D eigenvalue weighted by atomic mass is 9.69. The standard InChI is InChI=1S/C13H21N3O/c1-9-3-4-10(7-9)11-15-12(17-16-11)13(8-14)5-2-6-13/h9-10H,2-8,14H2,1H3. The monoisotopic (exact) mass is 235 g/mol. The summed E-state index contributed by atoms with van der Waals surface area (Å²) >= 11 is 0. The minimum absolute atomic E-state index is 0.00940. The van der Waals surface area contributed by atoms with Gasteiger partial charge in [0.15, 0.2) is 5.82 Å². The summed E-state index contributed by atoms with van der Waals surface area (Å²) in [6.45, 7) is 2.93. The third-order valence-electron chi connectivity index (χ3n) is 4.66. The second kappa shape index (κ2) is 4.09. The second-order valence-electron chi connectivity index (χ2n) is 5.91. The van der Waals surface area contributed by atoms with E-state index in [2.05, 4.69) is 17.1 Å². The number of rotatable bonds is 3. The SMILES string of the molecule is CC1CCC(c2noc(C3(CN)CCC3)n2)C1. The van der Waals surface area contributed by atoms with Gasteiger partial charge in [-0.1, -0.05) is 18.5 Å². The Kier molecular flexibility index (Phi) is 2.69. The zero-order chi connectivity index (χ0) is 11.9. The maximum absolute atomic E-state index is 5.86. The Labute approximate surface area is 102 Å². The van der Waals surface area contributed by atoms with E-state index >= 15 is 0 Å². The molecule has 4 nitrogen and oxygen atoms in total. The average Bonchev–Trinajstić information content (AvgIpc) is 2.86. The van der Waals surface area contributed by atoms with Crippen LogP contribution in [0.2, 0.25) is 0 Å². The molecule has 2 N–H and O–H groups in total. The van der Waals surface area contributed by atoms with Gasteiger partial charge in [0, 0.05) is 12.5 Å². The molecule has 0 radical (unpaired) electrons. The highest BCUT2D eigenvalue weighted by Gasteiger charge is 2.43. The van der Waals surface area contributed by atoms with Crippen LogP contribution in [0, 0.1) is 5.92 Å². The smallest absolute Gasteiger partial charge is 0.234 e. The molecule has 2 atom stereocenters. The quantitative estimate of drug-likeness (QED) is 0.873. The topological polar surface area (TPSA) is 64.9 Å². The molecule has 2 aliphatic carbocycles. The van der Waals surface area contributed by atoms with Crippen molar-refractivity contribution in [3.63, 3.8) is 0 Å². The summed E-state index contributed by atoms with van der Waals surface area (Å²) in [4.78, 5) is 4.63. The zero-order valence-corrected chi connectivity index (χ0v) is 10.5. The van der Waals surface area contributed by atoms with Crippen LogP contribution < -0.4 is 5.73 Å². The molecule has 3 rings (SSSR count). The number of nitrogens with two attached hydrogens (primary N) is 1. The second-order valence-corrected chi connectivity index (χ2v) is 5.91. The fourth-order valence-corrected chi connectivity index (χ4v) is 3.17. The molecule has 1 aromatic rings. The minimum Gasteiger partial charge on any atom is -0.339 e. The number of nitrogens with zero attached hydrogens (tertiary/aromatic N) is 2. The highest BCUT2D eigenvalue weighted by molar-refractivity contribution is 5.13. The normalized spacial score (nSPS) is 31.4. The van der Waals surface area contributed by atoms with Crippen LogP contribution in [0.1, 0.15) is 63.1 Å². The molecule has 0 aromatic carbocycles. The predicted molar refractivity (Wildman–Crippen MR) is 64.6 cm³/mol. The molecular weight excluding hydrogens is 214 g/mol. The van der Waals surface area contributed by atoms with E-state index in [0.29, 0.717) is 12.5 Å². The first-order valence-electron chi connectivity index (χ1n) is 6.78. The van der Waals surface area contributed by atoms with Crippen molar-refractivity contribution < 1.29 is 4.52 Å². The Balaban J connectivity index is 1.78. The van der Waals surface area contributed by atoms with Gasteiger partial charge in [0.25, 0.3) is 0 Å². The Morgan fingerprint density at radius 2 is 2.24 bits per heavy atom. The van der Waals surface area contributed by atoms with Crippen LogP contribution in [0.15, 0.2) is 4.52 Å². The van der Waals surface area contributed by atoms with Crippen molar-refractivity contribution in [3.05, 3.63) is 11.7 Å². The summed E-state index contributed by atoms with van der Waals surface area (Å²) in [6, 6.07) is 0. The van der Waals surface area contributed by atoms with E-state index in [-0.39, 0.29) is 5.41 Å². The van der Waals surface area contributed by atoms with Crippen molar-refractivity contribution >= 4 is 0 Å².